The van der Waals surface area contributed by atoms with Gasteiger partial charge in [0.25, 0.3) is 0 Å². The third kappa shape index (κ3) is 4.64. The van der Waals surface area contributed by atoms with E-state index < -0.39 is 22.4 Å². The van der Waals surface area contributed by atoms with E-state index in [1.54, 1.807) is 0 Å². The number of nitro groups is 1. The van der Waals surface area contributed by atoms with Gasteiger partial charge in [-0.25, -0.2) is 0 Å². The topological polar surface area (TPSA) is 52.4 Å². The van der Waals surface area contributed by atoms with E-state index in [0.29, 0.717) is 11.4 Å². The number of nitrogens with zero attached hydrogens (tertiary/aromatic N) is 1. The van der Waals surface area contributed by atoms with E-state index in [2.05, 4.69) is 31.9 Å². The Hall–Kier alpha value is -0.830. The molecule has 0 N–H and O–H groups in total. The Bertz CT molecular complexity index is 468. The van der Waals surface area contributed by atoms with Gasteiger partial charge in [-0.15, -0.1) is 0 Å². The lowest BCUT2D eigenvalue weighted by Crippen LogP contribution is -2.13. The predicted octanol–water partition coefficient (Wildman–Crippen LogP) is 4.15. The summed E-state index contributed by atoms with van der Waals surface area (Å²) in [6.45, 7) is 0.0947. The van der Waals surface area contributed by atoms with Crippen LogP contribution in [0.1, 0.15) is 5.56 Å². The van der Waals surface area contributed by atoms with Gasteiger partial charge in [-0.2, -0.15) is 13.2 Å². The molecular weight excluding hydrogens is 399 g/mol. The van der Waals surface area contributed by atoms with Crippen molar-refractivity contribution in [2.45, 2.75) is 11.0 Å². The zero-order chi connectivity index (χ0) is 14.6. The molecule has 9 heteroatoms. The molecule has 0 radical (unpaired) electrons. The molecule has 19 heavy (non-hydrogen) atoms. The van der Waals surface area contributed by atoms with Crippen LogP contribution in [0.25, 0.3) is 0 Å². The van der Waals surface area contributed by atoms with Gasteiger partial charge in [0.05, 0.1) is 15.3 Å². The molecular formula is C10H8Br2F3NO3. The molecule has 0 aromatic heterocycles. The molecule has 1 atom stereocenters. The Morgan fingerprint density at radius 1 is 1.42 bits per heavy atom. The molecule has 4 nitrogen and oxygen atoms in total. The first-order valence-electron chi connectivity index (χ1n) is 4.94. The average molecular weight is 407 g/mol. The third-order valence-corrected chi connectivity index (χ3v) is 4.31. The molecule has 1 aromatic rings. The van der Waals surface area contributed by atoms with Gasteiger partial charge in [0, 0.05) is 11.4 Å². The van der Waals surface area contributed by atoms with Crippen LogP contribution in [0.2, 0.25) is 0 Å². The molecule has 1 unspecified atom stereocenters. The maximum absolute atomic E-state index is 12.5. The summed E-state index contributed by atoms with van der Waals surface area (Å²) in [5, 5.41) is 11.3. The molecule has 0 aliphatic rings. The van der Waals surface area contributed by atoms with Crippen LogP contribution in [0.5, 0.6) is 5.75 Å². The second kappa shape index (κ2) is 6.56. The van der Waals surface area contributed by atoms with Crippen LogP contribution in [0.4, 0.5) is 18.9 Å². The molecule has 1 aromatic carbocycles. The lowest BCUT2D eigenvalue weighted by atomic mass is 10.2. The van der Waals surface area contributed by atoms with Gasteiger partial charge >= 0.3 is 11.9 Å². The monoisotopic (exact) mass is 405 g/mol. The third-order valence-electron chi connectivity index (χ3n) is 2.07. The van der Waals surface area contributed by atoms with E-state index in [0.717, 1.165) is 12.1 Å². The van der Waals surface area contributed by atoms with Crippen LogP contribution in [0, 0.1) is 10.1 Å². The molecule has 0 heterocycles. The number of alkyl halides is 5. The first-order chi connectivity index (χ1) is 8.75. The zero-order valence-corrected chi connectivity index (χ0v) is 12.5. The Labute approximate surface area is 123 Å². The maximum Gasteiger partial charge on any atom is 0.416 e. The van der Waals surface area contributed by atoms with E-state index in [4.69, 9.17) is 4.74 Å². The highest BCUT2D eigenvalue weighted by molar-refractivity contribution is 9.12. The van der Waals surface area contributed by atoms with E-state index in [1.165, 1.54) is 0 Å². The van der Waals surface area contributed by atoms with Crippen LogP contribution in [0.15, 0.2) is 18.2 Å². The molecule has 0 aliphatic carbocycles. The van der Waals surface area contributed by atoms with E-state index >= 15 is 0 Å². The summed E-state index contributed by atoms with van der Waals surface area (Å²) in [6, 6.07) is 2.17. The van der Waals surface area contributed by atoms with Gasteiger partial charge in [-0.3, -0.25) is 10.1 Å². The Kier molecular flexibility index (Phi) is 5.60. The first kappa shape index (κ1) is 16.2. The van der Waals surface area contributed by atoms with Crippen molar-refractivity contribution < 1.29 is 22.8 Å². The number of nitro benzene ring substituents is 1. The smallest absolute Gasteiger partial charge is 0.416 e. The average Bonchev–Trinajstić information content (AvgIpc) is 2.34. The van der Waals surface area contributed by atoms with Crippen LogP contribution >= 0.6 is 31.9 Å². The van der Waals surface area contributed by atoms with Crippen molar-refractivity contribution in [3.63, 3.8) is 0 Å². The number of halogens is 5. The summed E-state index contributed by atoms with van der Waals surface area (Å²) in [6.07, 6.45) is -4.63. The van der Waals surface area contributed by atoms with Gasteiger partial charge in [0.1, 0.15) is 6.61 Å². The zero-order valence-electron chi connectivity index (χ0n) is 9.29. The summed E-state index contributed by atoms with van der Waals surface area (Å²) >= 11 is 6.38. The van der Waals surface area contributed by atoms with Gasteiger partial charge < -0.3 is 4.74 Å². The van der Waals surface area contributed by atoms with E-state index in [1.807, 2.05) is 0 Å². The second-order valence-electron chi connectivity index (χ2n) is 3.50. The predicted molar refractivity (Wildman–Crippen MR) is 70.1 cm³/mol. The number of ether oxygens (including phenoxy) is 1. The lowest BCUT2D eigenvalue weighted by Gasteiger charge is -2.11. The van der Waals surface area contributed by atoms with Crippen molar-refractivity contribution in [3.05, 3.63) is 33.9 Å². The minimum atomic E-state index is -4.63. The Morgan fingerprint density at radius 3 is 2.53 bits per heavy atom. The van der Waals surface area contributed by atoms with Crippen molar-refractivity contribution >= 4 is 37.5 Å². The fraction of sp³-hybridized carbons (Fsp3) is 0.400. The normalized spacial score (nSPS) is 13.1. The number of hydrogen-bond acceptors (Lipinski definition) is 3. The maximum atomic E-state index is 12.5. The summed E-state index contributed by atoms with van der Waals surface area (Å²) in [5.74, 6) is -0.191. The Morgan fingerprint density at radius 2 is 2.05 bits per heavy atom. The lowest BCUT2D eigenvalue weighted by molar-refractivity contribution is -0.386. The van der Waals surface area contributed by atoms with Gasteiger partial charge in [-0.05, 0) is 12.1 Å². The summed E-state index contributed by atoms with van der Waals surface area (Å²) in [5.41, 5.74) is -1.79. The molecule has 0 amide bonds. The fourth-order valence-electron chi connectivity index (χ4n) is 1.18. The number of hydrogen-bond donors (Lipinski definition) is 0. The highest BCUT2D eigenvalue weighted by Crippen LogP contribution is 2.36. The van der Waals surface area contributed by atoms with Crippen molar-refractivity contribution in [1.29, 1.82) is 0 Å². The highest BCUT2D eigenvalue weighted by Gasteiger charge is 2.33. The summed E-state index contributed by atoms with van der Waals surface area (Å²) in [4.78, 5) is 9.75. The molecule has 0 spiro atoms. The first-order valence-corrected chi connectivity index (χ1v) is 6.98. The molecule has 106 valence electrons. The van der Waals surface area contributed by atoms with Gasteiger partial charge in [0.15, 0.2) is 5.75 Å². The molecule has 1 rings (SSSR count). The Balaban J connectivity index is 3.02. The molecule has 0 aliphatic heterocycles. The van der Waals surface area contributed by atoms with Gasteiger partial charge in [-0.1, -0.05) is 31.9 Å². The fourth-order valence-corrected chi connectivity index (χ4v) is 1.50. The number of benzene rings is 1. The minimum Gasteiger partial charge on any atom is -0.486 e. The molecule has 0 saturated carbocycles. The molecule has 0 saturated heterocycles. The van der Waals surface area contributed by atoms with Crippen molar-refractivity contribution in [2.24, 2.45) is 0 Å². The summed E-state index contributed by atoms with van der Waals surface area (Å²) < 4.78 is 42.5. The quantitative estimate of drug-likeness (QED) is 0.419. The van der Waals surface area contributed by atoms with Gasteiger partial charge in [0.2, 0.25) is 0 Å². The van der Waals surface area contributed by atoms with Crippen molar-refractivity contribution in [1.82, 2.24) is 0 Å². The van der Waals surface area contributed by atoms with Crippen molar-refractivity contribution in [2.75, 3.05) is 11.9 Å². The van der Waals surface area contributed by atoms with E-state index in [9.17, 15) is 23.3 Å². The molecule has 0 bridgehead atoms. The minimum absolute atomic E-state index is 0.0947. The number of rotatable bonds is 5. The van der Waals surface area contributed by atoms with Crippen LogP contribution < -0.4 is 4.74 Å². The highest BCUT2D eigenvalue weighted by atomic mass is 79.9. The van der Waals surface area contributed by atoms with E-state index in [-0.39, 0.29) is 17.2 Å². The largest absolute Gasteiger partial charge is 0.486 e. The summed E-state index contributed by atoms with van der Waals surface area (Å²) in [7, 11) is 0. The van der Waals surface area contributed by atoms with Crippen LogP contribution in [0.3, 0.4) is 0 Å². The second-order valence-corrected chi connectivity index (χ2v) is 5.44. The van der Waals surface area contributed by atoms with Crippen LogP contribution in [-0.4, -0.2) is 21.7 Å². The standard InChI is InChI=1S/C10H8Br2F3NO3/c11-4-7(12)5-19-9-2-1-6(10(13,14)15)3-8(9)16(17)18/h1-3,7H,4-5H2. The van der Waals surface area contributed by atoms with Crippen molar-refractivity contribution in [3.8, 4) is 5.75 Å². The molecule has 0 fully saturated rings. The van der Waals surface area contributed by atoms with Crippen LogP contribution in [-0.2, 0) is 6.18 Å². The SMILES string of the molecule is O=[N+]([O-])c1cc(C(F)(F)F)ccc1OCC(Br)CBr.